The molecule has 1 spiro atoms. The van der Waals surface area contributed by atoms with Gasteiger partial charge in [0.25, 0.3) is 5.60 Å². The highest BCUT2D eigenvalue weighted by atomic mass is 16.6. The predicted molar refractivity (Wildman–Crippen MR) is 80.7 cm³/mol. The number of allylic oxidation sites excluding steroid dienone is 2. The van der Waals surface area contributed by atoms with Crippen molar-refractivity contribution in [3.63, 3.8) is 0 Å². The number of ether oxygens (including phenoxy) is 3. The van der Waals surface area contributed by atoms with E-state index >= 15 is 0 Å². The number of carbonyl (C=O) groups excluding carboxylic acids is 3. The van der Waals surface area contributed by atoms with E-state index in [1.54, 1.807) is 13.0 Å². The molecule has 7 nitrogen and oxygen atoms in total. The van der Waals surface area contributed by atoms with Gasteiger partial charge in [0.2, 0.25) is 5.78 Å². The first-order valence-electron chi connectivity index (χ1n) is 7.03. The van der Waals surface area contributed by atoms with Crippen molar-refractivity contribution in [2.45, 2.75) is 12.5 Å². The highest BCUT2D eigenvalue weighted by Crippen LogP contribution is 2.48. The minimum absolute atomic E-state index is 0.0762. The van der Waals surface area contributed by atoms with Crippen LogP contribution in [0.25, 0.3) is 0 Å². The fourth-order valence-electron chi connectivity index (χ4n) is 2.93. The molecule has 0 saturated heterocycles. The van der Waals surface area contributed by atoms with Crippen molar-refractivity contribution in [3.05, 3.63) is 46.7 Å². The smallest absolute Gasteiger partial charge is 0.338 e. The Labute approximate surface area is 137 Å². The van der Waals surface area contributed by atoms with Crippen molar-refractivity contribution in [2.24, 2.45) is 0 Å². The van der Waals surface area contributed by atoms with Crippen LogP contribution in [0.2, 0.25) is 0 Å². The first kappa shape index (κ1) is 15.8. The van der Waals surface area contributed by atoms with Gasteiger partial charge in [-0.25, -0.2) is 4.79 Å². The standard InChI is InChI=1S/C17H14O7/c1-8-4-11(19)14-12(5-8)24-17(15(14)20)10(16(21)23-3)6-9(18)7-13(17)22-2/h4-7,19H,1-3H3/t17-/m0/s1. The second-order valence-corrected chi connectivity index (χ2v) is 5.43. The van der Waals surface area contributed by atoms with Gasteiger partial charge in [-0.3, -0.25) is 9.59 Å². The number of aryl methyl sites for hydroxylation is 1. The number of aromatic hydroxyl groups is 1. The average Bonchev–Trinajstić information content (AvgIpc) is 2.82. The molecule has 1 aliphatic heterocycles. The summed E-state index contributed by atoms with van der Waals surface area (Å²) >= 11 is 0. The van der Waals surface area contributed by atoms with E-state index in [0.717, 1.165) is 19.3 Å². The molecule has 1 aromatic rings. The normalized spacial score (nSPS) is 21.8. The number of hydrogen-bond acceptors (Lipinski definition) is 7. The van der Waals surface area contributed by atoms with Crippen LogP contribution in [0.15, 0.2) is 35.6 Å². The number of hydrogen-bond donors (Lipinski definition) is 1. The molecule has 1 aromatic carbocycles. The van der Waals surface area contributed by atoms with E-state index in [9.17, 15) is 19.5 Å². The molecular weight excluding hydrogens is 316 g/mol. The summed E-state index contributed by atoms with van der Waals surface area (Å²) in [4.78, 5) is 37.1. The van der Waals surface area contributed by atoms with Crippen LogP contribution in [-0.2, 0) is 19.1 Å². The third kappa shape index (κ3) is 1.94. The molecule has 0 aromatic heterocycles. The molecule has 124 valence electrons. The zero-order valence-electron chi connectivity index (χ0n) is 13.2. The number of ketones is 2. The zero-order valence-corrected chi connectivity index (χ0v) is 13.2. The second kappa shape index (κ2) is 5.23. The lowest BCUT2D eigenvalue weighted by Crippen LogP contribution is -2.49. The predicted octanol–water partition coefficient (Wildman–Crippen LogP) is 1.23. The maximum Gasteiger partial charge on any atom is 0.338 e. The first-order chi connectivity index (χ1) is 11.3. The van der Waals surface area contributed by atoms with E-state index in [1.807, 2.05) is 0 Å². The molecule has 1 N–H and O–H groups in total. The highest BCUT2D eigenvalue weighted by Gasteiger charge is 2.60. The van der Waals surface area contributed by atoms with Crippen molar-refractivity contribution in [1.29, 1.82) is 0 Å². The van der Waals surface area contributed by atoms with Gasteiger partial charge >= 0.3 is 5.97 Å². The summed E-state index contributed by atoms with van der Waals surface area (Å²) in [6, 6.07) is 2.96. The summed E-state index contributed by atoms with van der Waals surface area (Å²) < 4.78 is 15.6. The lowest BCUT2D eigenvalue weighted by atomic mass is 9.81. The Morgan fingerprint density at radius 1 is 1.21 bits per heavy atom. The highest BCUT2D eigenvalue weighted by molar-refractivity contribution is 6.21. The van der Waals surface area contributed by atoms with E-state index in [0.29, 0.717) is 5.56 Å². The molecule has 0 unspecified atom stereocenters. The molecule has 1 heterocycles. The molecule has 1 atom stereocenters. The third-order valence-corrected chi connectivity index (χ3v) is 3.95. The fraction of sp³-hybridized carbons (Fsp3) is 0.235. The van der Waals surface area contributed by atoms with E-state index in [2.05, 4.69) is 4.74 Å². The van der Waals surface area contributed by atoms with Crippen molar-refractivity contribution in [2.75, 3.05) is 14.2 Å². The Bertz CT molecular complexity index is 847. The molecule has 24 heavy (non-hydrogen) atoms. The van der Waals surface area contributed by atoms with Gasteiger partial charge < -0.3 is 19.3 Å². The van der Waals surface area contributed by atoms with Crippen molar-refractivity contribution < 1.29 is 33.7 Å². The molecule has 7 heteroatoms. The Hall–Kier alpha value is -3.09. The molecule has 0 radical (unpaired) electrons. The zero-order chi connectivity index (χ0) is 17.6. The monoisotopic (exact) mass is 330 g/mol. The maximum absolute atomic E-state index is 13.0. The van der Waals surface area contributed by atoms with Crippen molar-refractivity contribution in [3.8, 4) is 11.5 Å². The molecule has 0 bridgehead atoms. The third-order valence-electron chi connectivity index (χ3n) is 3.95. The summed E-state index contributed by atoms with van der Waals surface area (Å²) in [5.41, 5.74) is -1.70. The number of fused-ring (bicyclic) bond motifs is 1. The van der Waals surface area contributed by atoms with Crippen LogP contribution in [0.5, 0.6) is 11.5 Å². The minimum atomic E-state index is -1.98. The van der Waals surface area contributed by atoms with Crippen LogP contribution in [0.4, 0.5) is 0 Å². The summed E-state index contributed by atoms with van der Waals surface area (Å²) in [6.45, 7) is 1.72. The van der Waals surface area contributed by atoms with E-state index in [-0.39, 0.29) is 28.4 Å². The number of phenols is 1. The van der Waals surface area contributed by atoms with Gasteiger partial charge in [-0.1, -0.05) is 0 Å². The number of esters is 1. The Balaban J connectivity index is 2.27. The summed E-state index contributed by atoms with van der Waals surface area (Å²) in [6.07, 6.45) is 2.04. The fourth-order valence-corrected chi connectivity index (χ4v) is 2.93. The SMILES string of the molecule is COC(=O)C1=CC(=O)C=C(OC)[C@@]12Oc1cc(C)cc(O)c1C2=O. The van der Waals surface area contributed by atoms with Gasteiger partial charge in [0, 0.05) is 12.2 Å². The van der Waals surface area contributed by atoms with E-state index in [1.165, 1.54) is 13.2 Å². The average molecular weight is 330 g/mol. The molecule has 0 amide bonds. The summed E-state index contributed by atoms with van der Waals surface area (Å²) in [5, 5.41) is 10.1. The van der Waals surface area contributed by atoms with Gasteiger partial charge in [-0.2, -0.15) is 0 Å². The Morgan fingerprint density at radius 3 is 2.54 bits per heavy atom. The number of phenolic OH excluding ortho intramolecular Hbond substituents is 1. The van der Waals surface area contributed by atoms with Crippen LogP contribution in [0.3, 0.4) is 0 Å². The molecule has 2 aliphatic rings. The molecule has 0 fully saturated rings. The lowest BCUT2D eigenvalue weighted by molar-refractivity contribution is -0.138. The number of benzene rings is 1. The number of rotatable bonds is 2. The van der Waals surface area contributed by atoms with Gasteiger partial charge in [0.15, 0.2) is 11.5 Å². The Kier molecular flexibility index (Phi) is 3.44. The van der Waals surface area contributed by atoms with Gasteiger partial charge in [-0.15, -0.1) is 0 Å². The maximum atomic E-state index is 13.0. The van der Waals surface area contributed by atoms with Crippen LogP contribution < -0.4 is 4.74 Å². The van der Waals surface area contributed by atoms with Gasteiger partial charge in [-0.05, 0) is 24.6 Å². The summed E-state index contributed by atoms with van der Waals surface area (Å²) in [7, 11) is 2.38. The van der Waals surface area contributed by atoms with Gasteiger partial charge in [0.1, 0.15) is 22.6 Å². The first-order valence-corrected chi connectivity index (χ1v) is 7.03. The minimum Gasteiger partial charge on any atom is -0.507 e. The molecule has 3 rings (SSSR count). The largest absolute Gasteiger partial charge is 0.507 e. The quantitative estimate of drug-likeness (QED) is 0.814. The number of carbonyl (C=O) groups is 3. The topological polar surface area (TPSA) is 99.1 Å². The van der Waals surface area contributed by atoms with Crippen LogP contribution in [0, 0.1) is 6.92 Å². The van der Waals surface area contributed by atoms with E-state index < -0.39 is 23.1 Å². The van der Waals surface area contributed by atoms with Crippen LogP contribution >= 0.6 is 0 Å². The van der Waals surface area contributed by atoms with Crippen LogP contribution in [0.1, 0.15) is 15.9 Å². The second-order valence-electron chi connectivity index (χ2n) is 5.43. The lowest BCUT2D eigenvalue weighted by Gasteiger charge is -2.31. The summed E-state index contributed by atoms with van der Waals surface area (Å²) in [5.74, 6) is -2.46. The molecule has 0 saturated carbocycles. The van der Waals surface area contributed by atoms with Gasteiger partial charge in [0.05, 0.1) is 14.2 Å². The molecular formula is C17H14O7. The number of methoxy groups -OCH3 is 2. The number of Topliss-reactive ketones (excluding diaryl/α,β-unsaturated/α-hetero) is 1. The molecule has 1 aliphatic carbocycles. The van der Waals surface area contributed by atoms with Crippen LogP contribution in [-0.4, -0.2) is 42.5 Å². The van der Waals surface area contributed by atoms with E-state index in [4.69, 9.17) is 9.47 Å². The van der Waals surface area contributed by atoms with Crippen molar-refractivity contribution in [1.82, 2.24) is 0 Å². The van der Waals surface area contributed by atoms with Crippen molar-refractivity contribution >= 4 is 17.5 Å². The Morgan fingerprint density at radius 2 is 1.92 bits per heavy atom.